The van der Waals surface area contributed by atoms with E-state index < -0.39 is 0 Å². The van der Waals surface area contributed by atoms with E-state index in [1.54, 1.807) is 16.2 Å². The molecule has 2 fully saturated rings. The average Bonchev–Trinajstić information content (AvgIpc) is 3.65. The normalized spacial score (nSPS) is 19.7. The number of nitriles is 1. The lowest BCUT2D eigenvalue weighted by molar-refractivity contribution is -0.143. The van der Waals surface area contributed by atoms with Crippen molar-refractivity contribution in [3.63, 3.8) is 0 Å². The zero-order chi connectivity index (χ0) is 29.7. The lowest BCUT2D eigenvalue weighted by Crippen LogP contribution is -2.61. The minimum Gasteiger partial charge on any atom is -0.389 e. The van der Waals surface area contributed by atoms with Crippen LogP contribution in [0.3, 0.4) is 0 Å². The Morgan fingerprint density at radius 3 is 2.43 bits per heavy atom. The maximum Gasteiger partial charge on any atom is 0.236 e. The van der Waals surface area contributed by atoms with Crippen LogP contribution in [0.4, 0.5) is 16.1 Å². The molecule has 2 aliphatic heterocycles. The fraction of sp³-hybridized carbons (Fsp3) is 0.483. The number of carbonyl (C=O) groups excluding carboxylic acids is 1. The molecule has 0 radical (unpaired) electrons. The number of thiazole rings is 1. The molecule has 2 atom stereocenters. The van der Waals surface area contributed by atoms with Crippen molar-refractivity contribution in [2.24, 2.45) is 0 Å². The molecule has 2 saturated heterocycles. The Balaban J connectivity index is 1.25. The minimum atomic E-state index is -0.388. The van der Waals surface area contributed by atoms with Gasteiger partial charge >= 0.3 is 0 Å². The Kier molecular flexibility index (Phi) is 7.65. The van der Waals surface area contributed by atoms with E-state index in [4.69, 9.17) is 15.1 Å². The van der Waals surface area contributed by atoms with Crippen LogP contribution in [0, 0.1) is 18.3 Å². The number of piperazine rings is 1. The smallest absolute Gasteiger partial charge is 0.236 e. The quantitative estimate of drug-likeness (QED) is 0.338. The van der Waals surface area contributed by atoms with Crippen LogP contribution in [-0.4, -0.2) is 98.4 Å². The van der Waals surface area contributed by atoms with Crippen molar-refractivity contribution in [3.8, 4) is 17.3 Å². The first-order chi connectivity index (χ1) is 20.2. The minimum absolute atomic E-state index is 0.0761. The molecule has 3 aromatic heterocycles. The Morgan fingerprint density at radius 2 is 1.81 bits per heavy atom. The van der Waals surface area contributed by atoms with Gasteiger partial charge < -0.3 is 19.8 Å². The first-order valence-electron chi connectivity index (χ1n) is 14.2. The predicted molar refractivity (Wildman–Crippen MR) is 166 cm³/mol. The number of hydrogen-bond donors (Lipinski definition) is 1. The third-order valence-corrected chi connectivity index (χ3v) is 10.1. The van der Waals surface area contributed by atoms with Crippen LogP contribution in [0.5, 0.6) is 0 Å². The number of rotatable bonds is 7. The van der Waals surface area contributed by atoms with Gasteiger partial charge in [-0.25, -0.2) is 9.97 Å². The molecule has 1 aromatic carbocycles. The Labute approximate surface area is 253 Å². The van der Waals surface area contributed by atoms with Crippen LogP contribution < -0.4 is 9.80 Å². The van der Waals surface area contributed by atoms with Crippen molar-refractivity contribution >= 4 is 49.6 Å². The van der Waals surface area contributed by atoms with Gasteiger partial charge in [0.05, 0.1) is 18.3 Å². The number of likely N-dealkylation sites (tertiary alicyclic amines) is 1. The average molecular weight is 606 g/mol. The molecule has 220 valence electrons. The molecule has 1 N–H and O–H groups in total. The summed E-state index contributed by atoms with van der Waals surface area (Å²) in [7, 11) is 1.96. The van der Waals surface area contributed by atoms with Gasteiger partial charge in [-0.05, 0) is 27.2 Å². The second-order valence-corrected chi connectivity index (χ2v) is 13.2. The summed E-state index contributed by atoms with van der Waals surface area (Å²) in [5, 5.41) is 26.1. The molecule has 0 saturated carbocycles. The molecule has 13 heteroatoms. The number of hydrogen-bond acceptors (Lipinski definition) is 11. The van der Waals surface area contributed by atoms with Crippen molar-refractivity contribution in [2.75, 3.05) is 49.6 Å². The van der Waals surface area contributed by atoms with E-state index in [9.17, 15) is 15.2 Å². The van der Waals surface area contributed by atoms with Gasteiger partial charge in [-0.3, -0.25) is 9.69 Å². The number of anilines is 3. The van der Waals surface area contributed by atoms with E-state index in [0.29, 0.717) is 35.3 Å². The fourth-order valence-corrected chi connectivity index (χ4v) is 7.52. The molecule has 42 heavy (non-hydrogen) atoms. The van der Waals surface area contributed by atoms with Crippen LogP contribution >= 0.6 is 22.7 Å². The Hall–Kier alpha value is -3.57. The fourth-order valence-electron chi connectivity index (χ4n) is 5.74. The first kappa shape index (κ1) is 28.5. The molecular weight excluding hydrogens is 571 g/mol. The molecule has 2 aliphatic rings. The molecule has 0 unspecified atom stereocenters. The van der Waals surface area contributed by atoms with Gasteiger partial charge in [-0.15, -0.1) is 5.10 Å². The number of β-amino-alcohol motifs (C(OH)–C–C–N with tert-alkyl or cyclic N) is 1. The number of aliphatic hydroxyl groups excluding tert-OH is 1. The lowest BCUT2D eigenvalue weighted by atomic mass is 10.1. The Morgan fingerprint density at radius 1 is 1.12 bits per heavy atom. The highest BCUT2D eigenvalue weighted by molar-refractivity contribution is 7.20. The van der Waals surface area contributed by atoms with Gasteiger partial charge in [0.2, 0.25) is 16.0 Å². The number of aromatic nitrogens is 4. The van der Waals surface area contributed by atoms with Crippen LogP contribution in [0.15, 0.2) is 24.3 Å². The van der Waals surface area contributed by atoms with E-state index in [2.05, 4.69) is 36.6 Å². The van der Waals surface area contributed by atoms with Crippen molar-refractivity contribution in [1.82, 2.24) is 29.4 Å². The number of amides is 1. The number of carbonyl (C=O) groups is 1. The maximum absolute atomic E-state index is 12.7. The standard InChI is InChI=1S/C29H35N9O2S2/c1-6-22-26(34(5)27-32-25(23(11-30)41-27)20-9-7-17(2)8-10-20)38-28(31-22)42-29(33-38)36-12-18(3)37(19(4)13-36)16-24(40)35-14-21(39)15-35/h7-10,18-19,21,39H,6,12-16H2,1-5H3/t18-,19-/m0/s1. The van der Waals surface area contributed by atoms with E-state index >= 15 is 0 Å². The van der Waals surface area contributed by atoms with Crippen molar-refractivity contribution in [1.29, 1.82) is 5.26 Å². The third kappa shape index (κ3) is 5.13. The molecule has 6 rings (SSSR count). The third-order valence-electron chi connectivity index (χ3n) is 8.13. The molecule has 0 aliphatic carbocycles. The van der Waals surface area contributed by atoms with Gasteiger partial charge in [0.25, 0.3) is 0 Å². The van der Waals surface area contributed by atoms with Gasteiger partial charge in [0.15, 0.2) is 10.9 Å². The number of aliphatic hydroxyl groups is 1. The second-order valence-electron chi connectivity index (χ2n) is 11.3. The number of imidazole rings is 1. The maximum atomic E-state index is 12.7. The van der Waals surface area contributed by atoms with E-state index in [0.717, 1.165) is 52.2 Å². The predicted octanol–water partition coefficient (Wildman–Crippen LogP) is 3.53. The van der Waals surface area contributed by atoms with Crippen LogP contribution in [0.2, 0.25) is 0 Å². The molecule has 4 aromatic rings. The van der Waals surface area contributed by atoms with E-state index in [1.165, 1.54) is 11.3 Å². The highest BCUT2D eigenvalue weighted by Gasteiger charge is 2.36. The molecule has 11 nitrogen and oxygen atoms in total. The van der Waals surface area contributed by atoms with E-state index in [1.807, 2.05) is 47.7 Å². The zero-order valence-electron chi connectivity index (χ0n) is 24.5. The molecule has 0 bridgehead atoms. The summed E-state index contributed by atoms with van der Waals surface area (Å²) in [6.07, 6.45) is 0.349. The van der Waals surface area contributed by atoms with Gasteiger partial charge in [-0.1, -0.05) is 59.4 Å². The SMILES string of the molecule is CCc1nc2sc(N3C[C@H](C)N(CC(=O)N4CC(O)C4)[C@@H](C)C3)nn2c1N(C)c1nc(-c2ccc(C)cc2)c(C#N)s1. The van der Waals surface area contributed by atoms with Gasteiger partial charge in [0.1, 0.15) is 16.6 Å². The summed E-state index contributed by atoms with van der Waals surface area (Å²) in [4.78, 5) is 32.1. The first-order valence-corrected chi connectivity index (χ1v) is 15.9. The monoisotopic (exact) mass is 605 g/mol. The Bertz CT molecular complexity index is 1640. The molecule has 1 amide bonds. The number of aryl methyl sites for hydroxylation is 2. The molecular formula is C29H35N9O2S2. The van der Waals surface area contributed by atoms with Crippen LogP contribution in [0.25, 0.3) is 16.2 Å². The summed E-state index contributed by atoms with van der Waals surface area (Å²) in [5.74, 6) is 0.929. The van der Waals surface area contributed by atoms with Gasteiger partial charge in [-0.2, -0.15) is 9.78 Å². The van der Waals surface area contributed by atoms with Crippen molar-refractivity contribution < 1.29 is 9.90 Å². The number of fused-ring (bicyclic) bond motifs is 1. The summed E-state index contributed by atoms with van der Waals surface area (Å²) < 4.78 is 1.90. The molecule has 5 heterocycles. The summed E-state index contributed by atoms with van der Waals surface area (Å²) in [5.41, 5.74) is 3.69. The summed E-state index contributed by atoms with van der Waals surface area (Å²) >= 11 is 2.93. The topological polar surface area (TPSA) is 117 Å². The highest BCUT2D eigenvalue weighted by atomic mass is 32.1. The van der Waals surface area contributed by atoms with E-state index in [-0.39, 0.29) is 24.1 Å². The molecule has 0 spiro atoms. The highest BCUT2D eigenvalue weighted by Crippen LogP contribution is 2.38. The van der Waals surface area contributed by atoms with Gasteiger partial charge in [0, 0.05) is 50.9 Å². The second kappa shape index (κ2) is 11.3. The van der Waals surface area contributed by atoms with Crippen molar-refractivity contribution in [3.05, 3.63) is 40.4 Å². The zero-order valence-corrected chi connectivity index (χ0v) is 26.1. The lowest BCUT2D eigenvalue weighted by Gasteiger charge is -2.45. The summed E-state index contributed by atoms with van der Waals surface area (Å²) in [6.45, 7) is 11.1. The largest absolute Gasteiger partial charge is 0.389 e. The number of benzene rings is 1. The number of nitrogens with zero attached hydrogens (tertiary/aromatic N) is 9. The van der Waals surface area contributed by atoms with Crippen molar-refractivity contribution in [2.45, 2.75) is 52.3 Å². The summed E-state index contributed by atoms with van der Waals surface area (Å²) in [6, 6.07) is 10.7. The van der Waals surface area contributed by atoms with Crippen LogP contribution in [-0.2, 0) is 11.2 Å². The van der Waals surface area contributed by atoms with Crippen LogP contribution in [0.1, 0.15) is 36.9 Å².